The summed E-state index contributed by atoms with van der Waals surface area (Å²) in [6.45, 7) is 6.95. The Morgan fingerprint density at radius 3 is 2.50 bits per heavy atom. The molecule has 9 heteroatoms. The summed E-state index contributed by atoms with van der Waals surface area (Å²) in [5, 5.41) is 3.98. The zero-order valence-corrected chi connectivity index (χ0v) is 19.8. The molecular weight excluding hydrogens is 430 g/mol. The summed E-state index contributed by atoms with van der Waals surface area (Å²) in [6, 6.07) is 11.3. The number of methoxy groups -OCH3 is 1. The maximum Gasteiger partial charge on any atom is 0.271 e. The van der Waals surface area contributed by atoms with Crippen molar-refractivity contribution in [2.24, 2.45) is 5.10 Å². The Labute approximate surface area is 190 Å². The van der Waals surface area contributed by atoms with Gasteiger partial charge in [-0.2, -0.15) is 9.41 Å². The summed E-state index contributed by atoms with van der Waals surface area (Å²) in [5.41, 5.74) is 3.34. The standard InChI is InChI=1S/C23H31N3O5S/c1-5-8-14-31-21-13-12-18(15-22(21)30-4)17-24-25-23(27)19-10-9-11-20(16-19)32(28,29)26(6-2)7-3/h9-13,15-17H,5-8,14H2,1-4H3,(H,25,27)/b24-17+. The molecule has 0 atom stereocenters. The van der Waals surface area contributed by atoms with E-state index in [1.165, 1.54) is 34.8 Å². The lowest BCUT2D eigenvalue weighted by atomic mass is 10.2. The molecule has 32 heavy (non-hydrogen) atoms. The smallest absolute Gasteiger partial charge is 0.271 e. The lowest BCUT2D eigenvalue weighted by Gasteiger charge is -2.18. The van der Waals surface area contributed by atoms with Crippen LogP contribution in [0.15, 0.2) is 52.5 Å². The van der Waals surface area contributed by atoms with Crippen LogP contribution < -0.4 is 14.9 Å². The van der Waals surface area contributed by atoms with E-state index < -0.39 is 15.9 Å². The zero-order chi connectivity index (χ0) is 23.6. The van der Waals surface area contributed by atoms with Gasteiger partial charge in [0.1, 0.15) is 0 Å². The maximum absolute atomic E-state index is 12.7. The second kappa shape index (κ2) is 12.2. The fourth-order valence-corrected chi connectivity index (χ4v) is 4.45. The molecule has 1 amide bonds. The van der Waals surface area contributed by atoms with Crippen molar-refractivity contribution in [1.29, 1.82) is 0 Å². The molecule has 2 rings (SSSR count). The Morgan fingerprint density at radius 2 is 1.84 bits per heavy atom. The molecule has 0 bridgehead atoms. The van der Waals surface area contributed by atoms with Crippen LogP contribution in [0.1, 0.15) is 49.5 Å². The van der Waals surface area contributed by atoms with Crippen LogP contribution in [0.25, 0.3) is 0 Å². The number of hydrazone groups is 1. The van der Waals surface area contributed by atoms with Crippen LogP contribution in [0.3, 0.4) is 0 Å². The molecule has 0 aliphatic rings. The van der Waals surface area contributed by atoms with Gasteiger partial charge in [-0.05, 0) is 48.4 Å². The number of carbonyl (C=O) groups excluding carboxylic acids is 1. The Morgan fingerprint density at radius 1 is 1.09 bits per heavy atom. The second-order valence-electron chi connectivity index (χ2n) is 6.93. The van der Waals surface area contributed by atoms with Crippen molar-refractivity contribution in [1.82, 2.24) is 9.73 Å². The number of amides is 1. The highest BCUT2D eigenvalue weighted by molar-refractivity contribution is 7.89. The number of benzene rings is 2. The number of unbranched alkanes of at least 4 members (excludes halogenated alkanes) is 1. The third-order valence-corrected chi connectivity index (χ3v) is 6.81. The van der Waals surface area contributed by atoms with Gasteiger partial charge in [-0.3, -0.25) is 4.79 Å². The van der Waals surface area contributed by atoms with Gasteiger partial charge in [0.05, 0.1) is 24.8 Å². The first-order valence-electron chi connectivity index (χ1n) is 10.6. The van der Waals surface area contributed by atoms with E-state index in [1.54, 1.807) is 39.2 Å². The van der Waals surface area contributed by atoms with Crippen molar-refractivity contribution >= 4 is 22.1 Å². The van der Waals surface area contributed by atoms with E-state index in [1.807, 2.05) is 0 Å². The fraction of sp³-hybridized carbons (Fsp3) is 0.391. The van der Waals surface area contributed by atoms with Crippen molar-refractivity contribution in [3.8, 4) is 11.5 Å². The first-order valence-corrected chi connectivity index (χ1v) is 12.1. The SMILES string of the molecule is CCCCOc1ccc(/C=N/NC(=O)c2cccc(S(=O)(=O)N(CC)CC)c2)cc1OC. The predicted octanol–water partition coefficient (Wildman–Crippen LogP) is 3.67. The van der Waals surface area contributed by atoms with Gasteiger partial charge in [-0.1, -0.05) is 33.3 Å². The molecule has 1 N–H and O–H groups in total. The number of sulfonamides is 1. The average Bonchev–Trinajstić information content (AvgIpc) is 2.80. The zero-order valence-electron chi connectivity index (χ0n) is 19.0. The lowest BCUT2D eigenvalue weighted by Crippen LogP contribution is -2.30. The van der Waals surface area contributed by atoms with E-state index in [4.69, 9.17) is 9.47 Å². The number of nitrogens with one attached hydrogen (secondary N) is 1. The number of ether oxygens (including phenoxy) is 2. The molecule has 174 valence electrons. The summed E-state index contributed by atoms with van der Waals surface area (Å²) >= 11 is 0. The summed E-state index contributed by atoms with van der Waals surface area (Å²) in [7, 11) is -2.09. The number of hydrogen-bond acceptors (Lipinski definition) is 6. The van der Waals surface area contributed by atoms with Crippen LogP contribution in [0.2, 0.25) is 0 Å². The van der Waals surface area contributed by atoms with Crippen LogP contribution in [-0.2, 0) is 10.0 Å². The molecule has 0 heterocycles. The predicted molar refractivity (Wildman–Crippen MR) is 125 cm³/mol. The molecule has 0 saturated heterocycles. The summed E-state index contributed by atoms with van der Waals surface area (Å²) < 4.78 is 37.8. The topological polar surface area (TPSA) is 97.3 Å². The van der Waals surface area contributed by atoms with E-state index in [2.05, 4.69) is 17.5 Å². The molecule has 0 unspecified atom stereocenters. The minimum atomic E-state index is -3.65. The molecule has 2 aromatic rings. The monoisotopic (exact) mass is 461 g/mol. The van der Waals surface area contributed by atoms with Gasteiger partial charge in [0, 0.05) is 18.7 Å². The molecule has 0 saturated carbocycles. The highest BCUT2D eigenvalue weighted by Crippen LogP contribution is 2.27. The molecule has 0 aromatic heterocycles. The Balaban J connectivity index is 2.09. The van der Waals surface area contributed by atoms with E-state index >= 15 is 0 Å². The third-order valence-electron chi connectivity index (χ3n) is 4.76. The fourth-order valence-electron chi connectivity index (χ4n) is 2.95. The van der Waals surface area contributed by atoms with Crippen molar-refractivity contribution in [3.05, 3.63) is 53.6 Å². The van der Waals surface area contributed by atoms with Crippen LogP contribution >= 0.6 is 0 Å². The number of nitrogens with zero attached hydrogens (tertiary/aromatic N) is 2. The molecule has 2 aromatic carbocycles. The minimum Gasteiger partial charge on any atom is -0.493 e. The normalized spacial score (nSPS) is 11.7. The Hall–Kier alpha value is -2.91. The molecule has 0 aliphatic carbocycles. The van der Waals surface area contributed by atoms with E-state index in [-0.39, 0.29) is 10.5 Å². The molecule has 0 radical (unpaired) electrons. The number of hydrogen-bond donors (Lipinski definition) is 1. The van der Waals surface area contributed by atoms with Gasteiger partial charge in [-0.15, -0.1) is 0 Å². The third kappa shape index (κ3) is 6.54. The number of rotatable bonds is 12. The van der Waals surface area contributed by atoms with Crippen molar-refractivity contribution in [2.45, 2.75) is 38.5 Å². The molecule has 8 nitrogen and oxygen atoms in total. The van der Waals surface area contributed by atoms with Gasteiger partial charge < -0.3 is 9.47 Å². The van der Waals surface area contributed by atoms with E-state index in [0.29, 0.717) is 36.8 Å². The van der Waals surface area contributed by atoms with E-state index in [9.17, 15) is 13.2 Å². The Kier molecular flexibility index (Phi) is 9.67. The van der Waals surface area contributed by atoms with Crippen molar-refractivity contribution < 1.29 is 22.7 Å². The van der Waals surface area contributed by atoms with Gasteiger partial charge in [-0.25, -0.2) is 13.8 Å². The summed E-state index contributed by atoms with van der Waals surface area (Å²) in [4.78, 5) is 12.5. The van der Waals surface area contributed by atoms with Gasteiger partial charge in [0.2, 0.25) is 10.0 Å². The van der Waals surface area contributed by atoms with E-state index in [0.717, 1.165) is 12.8 Å². The van der Waals surface area contributed by atoms with Gasteiger partial charge >= 0.3 is 0 Å². The van der Waals surface area contributed by atoms with Crippen LogP contribution in [-0.4, -0.2) is 51.7 Å². The molecular formula is C23H31N3O5S. The summed E-state index contributed by atoms with van der Waals surface area (Å²) in [5.74, 6) is 0.711. The van der Waals surface area contributed by atoms with Crippen molar-refractivity contribution in [2.75, 3.05) is 26.8 Å². The Bertz CT molecular complexity index is 1030. The first kappa shape index (κ1) is 25.4. The van der Waals surface area contributed by atoms with Gasteiger partial charge in [0.15, 0.2) is 11.5 Å². The largest absolute Gasteiger partial charge is 0.493 e. The summed E-state index contributed by atoms with van der Waals surface area (Å²) in [6.07, 6.45) is 3.47. The van der Waals surface area contributed by atoms with Crippen LogP contribution in [0, 0.1) is 0 Å². The van der Waals surface area contributed by atoms with Gasteiger partial charge in [0.25, 0.3) is 5.91 Å². The maximum atomic E-state index is 12.7. The second-order valence-corrected chi connectivity index (χ2v) is 8.87. The highest BCUT2D eigenvalue weighted by Gasteiger charge is 2.22. The first-order chi connectivity index (χ1) is 15.4. The molecule has 0 fully saturated rings. The number of carbonyl (C=O) groups is 1. The highest BCUT2D eigenvalue weighted by atomic mass is 32.2. The van der Waals surface area contributed by atoms with Crippen LogP contribution in [0.5, 0.6) is 11.5 Å². The van der Waals surface area contributed by atoms with Crippen LogP contribution in [0.4, 0.5) is 0 Å². The quantitative estimate of drug-likeness (QED) is 0.295. The minimum absolute atomic E-state index is 0.0706. The lowest BCUT2D eigenvalue weighted by molar-refractivity contribution is 0.0955. The van der Waals surface area contributed by atoms with Crippen molar-refractivity contribution in [3.63, 3.8) is 0 Å². The average molecular weight is 462 g/mol. The molecule has 0 aliphatic heterocycles. The molecule has 0 spiro atoms.